The van der Waals surface area contributed by atoms with Crippen LogP contribution in [0, 0.1) is 0 Å². The zero-order chi connectivity index (χ0) is 26.1. The maximum atomic E-state index is 13.6. The van der Waals surface area contributed by atoms with Crippen molar-refractivity contribution in [3.63, 3.8) is 0 Å². The van der Waals surface area contributed by atoms with Gasteiger partial charge in [-0.15, -0.1) is 0 Å². The SMILES string of the molecule is CC[C@H](C)NC(=O)[C@H](Cc1ccccc1)N(Cc1cccc(Cl)c1)C(=O)COc1ccc(Cl)cc1Br. The number of amides is 2. The van der Waals surface area contributed by atoms with Crippen molar-refractivity contribution >= 4 is 50.9 Å². The summed E-state index contributed by atoms with van der Waals surface area (Å²) in [5.74, 6) is -0.0487. The van der Waals surface area contributed by atoms with Gasteiger partial charge in [0.15, 0.2) is 6.61 Å². The summed E-state index contributed by atoms with van der Waals surface area (Å²) in [6, 6.07) is 21.2. The third kappa shape index (κ3) is 8.26. The molecule has 0 saturated carbocycles. The van der Waals surface area contributed by atoms with Crippen molar-refractivity contribution < 1.29 is 14.3 Å². The van der Waals surface area contributed by atoms with Crippen LogP contribution < -0.4 is 10.1 Å². The molecule has 0 saturated heterocycles. The van der Waals surface area contributed by atoms with E-state index in [1.807, 2.05) is 56.3 Å². The third-order valence-electron chi connectivity index (χ3n) is 5.76. The van der Waals surface area contributed by atoms with Gasteiger partial charge in [-0.1, -0.05) is 72.6 Å². The molecule has 2 atom stereocenters. The molecule has 0 aromatic heterocycles. The molecule has 0 unspecified atom stereocenters. The smallest absolute Gasteiger partial charge is 0.261 e. The molecule has 0 aliphatic carbocycles. The molecule has 0 fully saturated rings. The number of nitrogens with one attached hydrogen (secondary N) is 1. The lowest BCUT2D eigenvalue weighted by Crippen LogP contribution is -2.53. The predicted molar refractivity (Wildman–Crippen MR) is 148 cm³/mol. The van der Waals surface area contributed by atoms with E-state index >= 15 is 0 Å². The van der Waals surface area contributed by atoms with Gasteiger partial charge >= 0.3 is 0 Å². The molecular weight excluding hydrogens is 563 g/mol. The van der Waals surface area contributed by atoms with Crippen LogP contribution >= 0.6 is 39.1 Å². The van der Waals surface area contributed by atoms with Crippen LogP contribution in [0.2, 0.25) is 10.0 Å². The Bertz CT molecular complexity index is 1180. The lowest BCUT2D eigenvalue weighted by Gasteiger charge is -2.32. The fourth-order valence-corrected chi connectivity index (χ4v) is 4.65. The average molecular weight is 592 g/mol. The summed E-state index contributed by atoms with van der Waals surface area (Å²) in [4.78, 5) is 28.7. The molecule has 1 N–H and O–H groups in total. The predicted octanol–water partition coefficient (Wildman–Crippen LogP) is 6.69. The number of hydrogen-bond donors (Lipinski definition) is 1. The third-order valence-corrected chi connectivity index (χ3v) is 6.85. The van der Waals surface area contributed by atoms with Gasteiger partial charge in [-0.2, -0.15) is 0 Å². The molecule has 3 aromatic carbocycles. The zero-order valence-corrected chi connectivity index (χ0v) is 23.3. The molecular formula is C28H29BrCl2N2O3. The van der Waals surface area contributed by atoms with Crippen LogP contribution in [0.25, 0.3) is 0 Å². The first-order valence-corrected chi connectivity index (χ1v) is 13.3. The normalized spacial score (nSPS) is 12.5. The lowest BCUT2D eigenvalue weighted by atomic mass is 10.0. The summed E-state index contributed by atoms with van der Waals surface area (Å²) in [7, 11) is 0. The summed E-state index contributed by atoms with van der Waals surface area (Å²) in [6.45, 7) is 3.91. The van der Waals surface area contributed by atoms with Gasteiger partial charge in [0.2, 0.25) is 5.91 Å². The van der Waals surface area contributed by atoms with E-state index in [9.17, 15) is 9.59 Å². The Kier molecular flexibility index (Phi) is 10.7. The first kappa shape index (κ1) is 28.0. The summed E-state index contributed by atoms with van der Waals surface area (Å²) in [5, 5.41) is 4.16. The number of benzene rings is 3. The Morgan fingerprint density at radius 3 is 2.33 bits per heavy atom. The molecule has 2 amide bonds. The molecule has 36 heavy (non-hydrogen) atoms. The number of carbonyl (C=O) groups is 2. The van der Waals surface area contributed by atoms with Crippen molar-refractivity contribution in [3.05, 3.63) is 98.4 Å². The maximum absolute atomic E-state index is 13.6. The number of nitrogens with zero attached hydrogens (tertiary/aromatic N) is 1. The van der Waals surface area contributed by atoms with E-state index in [1.165, 1.54) is 0 Å². The highest BCUT2D eigenvalue weighted by Crippen LogP contribution is 2.28. The Balaban J connectivity index is 1.92. The average Bonchev–Trinajstić information content (AvgIpc) is 2.86. The number of rotatable bonds is 11. The van der Waals surface area contributed by atoms with E-state index in [1.54, 1.807) is 35.2 Å². The number of hydrogen-bond acceptors (Lipinski definition) is 3. The molecule has 3 rings (SSSR count). The molecule has 190 valence electrons. The Morgan fingerprint density at radius 1 is 0.972 bits per heavy atom. The molecule has 0 heterocycles. The molecule has 3 aromatic rings. The van der Waals surface area contributed by atoms with Crippen LogP contribution in [0.4, 0.5) is 0 Å². The molecule has 8 heteroatoms. The van der Waals surface area contributed by atoms with E-state index in [0.29, 0.717) is 26.7 Å². The van der Waals surface area contributed by atoms with Gasteiger partial charge in [-0.05, 0) is 70.7 Å². The van der Waals surface area contributed by atoms with Gasteiger partial charge in [0.25, 0.3) is 5.91 Å². The van der Waals surface area contributed by atoms with Crippen molar-refractivity contribution in [3.8, 4) is 5.75 Å². The Labute approximate surface area is 230 Å². The molecule has 0 aliphatic rings. The minimum absolute atomic E-state index is 0.0276. The number of ether oxygens (including phenoxy) is 1. The number of carbonyl (C=O) groups excluding carboxylic acids is 2. The van der Waals surface area contributed by atoms with Crippen LogP contribution in [0.1, 0.15) is 31.4 Å². The molecule has 0 radical (unpaired) electrons. The van der Waals surface area contributed by atoms with Gasteiger partial charge in [-0.25, -0.2) is 0 Å². The summed E-state index contributed by atoms with van der Waals surface area (Å²) in [6.07, 6.45) is 1.14. The number of halogens is 3. The van der Waals surface area contributed by atoms with Crippen LogP contribution in [0.3, 0.4) is 0 Å². The minimum Gasteiger partial charge on any atom is -0.483 e. The van der Waals surface area contributed by atoms with Crippen LogP contribution in [0.15, 0.2) is 77.3 Å². The second-order valence-electron chi connectivity index (χ2n) is 8.54. The summed E-state index contributed by atoms with van der Waals surface area (Å²) in [5.41, 5.74) is 1.77. The van der Waals surface area contributed by atoms with Crippen LogP contribution in [0.5, 0.6) is 5.75 Å². The van der Waals surface area contributed by atoms with E-state index in [0.717, 1.165) is 17.5 Å². The van der Waals surface area contributed by atoms with Crippen molar-refractivity contribution in [2.75, 3.05) is 6.61 Å². The van der Waals surface area contributed by atoms with Gasteiger partial charge in [-0.3, -0.25) is 9.59 Å². The summed E-state index contributed by atoms with van der Waals surface area (Å²) >= 11 is 15.7. The van der Waals surface area contributed by atoms with Crippen molar-refractivity contribution in [2.45, 2.75) is 45.3 Å². The Hall–Kier alpha value is -2.54. The van der Waals surface area contributed by atoms with Crippen LogP contribution in [-0.4, -0.2) is 35.4 Å². The fourth-order valence-electron chi connectivity index (χ4n) is 3.64. The standard InChI is InChI=1S/C28H29BrCl2N2O3/c1-3-19(2)32-28(35)25(15-20-8-5-4-6-9-20)33(17-21-10-7-11-22(30)14-21)27(34)18-36-26-13-12-23(31)16-24(26)29/h4-14,16,19,25H,3,15,17-18H2,1-2H3,(H,32,35)/t19-,25-/m0/s1. The second kappa shape index (κ2) is 13.7. The van der Waals surface area contributed by atoms with E-state index in [-0.39, 0.29) is 31.0 Å². The molecule has 0 bridgehead atoms. The van der Waals surface area contributed by atoms with Crippen LogP contribution in [-0.2, 0) is 22.6 Å². The van der Waals surface area contributed by atoms with Gasteiger partial charge in [0.05, 0.1) is 4.47 Å². The largest absolute Gasteiger partial charge is 0.483 e. The quantitative estimate of drug-likeness (QED) is 0.270. The first-order chi connectivity index (χ1) is 17.3. The minimum atomic E-state index is -0.745. The molecule has 0 aliphatic heterocycles. The van der Waals surface area contributed by atoms with E-state index < -0.39 is 6.04 Å². The molecule has 5 nitrogen and oxygen atoms in total. The second-order valence-corrected chi connectivity index (χ2v) is 10.3. The highest BCUT2D eigenvalue weighted by atomic mass is 79.9. The van der Waals surface area contributed by atoms with Crippen molar-refractivity contribution in [2.24, 2.45) is 0 Å². The Morgan fingerprint density at radius 2 is 1.67 bits per heavy atom. The zero-order valence-electron chi connectivity index (χ0n) is 20.2. The topological polar surface area (TPSA) is 58.6 Å². The highest BCUT2D eigenvalue weighted by Gasteiger charge is 2.31. The summed E-state index contributed by atoms with van der Waals surface area (Å²) < 4.78 is 6.46. The van der Waals surface area contributed by atoms with Gasteiger partial charge in [0, 0.05) is 29.1 Å². The van der Waals surface area contributed by atoms with Gasteiger partial charge < -0.3 is 15.0 Å². The van der Waals surface area contributed by atoms with E-state index in [4.69, 9.17) is 27.9 Å². The van der Waals surface area contributed by atoms with Gasteiger partial charge in [0.1, 0.15) is 11.8 Å². The van der Waals surface area contributed by atoms with Crippen molar-refractivity contribution in [1.82, 2.24) is 10.2 Å². The highest BCUT2D eigenvalue weighted by molar-refractivity contribution is 9.10. The first-order valence-electron chi connectivity index (χ1n) is 11.7. The fraction of sp³-hybridized carbons (Fsp3) is 0.286. The monoisotopic (exact) mass is 590 g/mol. The maximum Gasteiger partial charge on any atom is 0.261 e. The lowest BCUT2D eigenvalue weighted by molar-refractivity contribution is -0.143. The van der Waals surface area contributed by atoms with Crippen molar-refractivity contribution in [1.29, 1.82) is 0 Å². The van der Waals surface area contributed by atoms with E-state index in [2.05, 4.69) is 21.2 Å². The molecule has 0 spiro atoms.